The van der Waals surface area contributed by atoms with Crippen LogP contribution in [0.1, 0.15) is 98.4 Å². The van der Waals surface area contributed by atoms with Crippen LogP contribution in [0.15, 0.2) is 12.1 Å². The molecule has 0 bridgehead atoms. The quantitative estimate of drug-likeness (QED) is 0.605. The molecule has 0 unspecified atom stereocenters. The Morgan fingerprint density at radius 1 is 0.591 bits per heavy atom. The van der Waals surface area contributed by atoms with Gasteiger partial charge in [0, 0.05) is 0 Å². The fourth-order valence-electron chi connectivity index (χ4n) is 3.07. The van der Waals surface area contributed by atoms with Gasteiger partial charge in [-0.3, -0.25) is 0 Å². The lowest BCUT2D eigenvalue weighted by molar-refractivity contribution is 0.510. The van der Waals surface area contributed by atoms with E-state index < -0.39 is 0 Å². The van der Waals surface area contributed by atoms with E-state index in [1.807, 2.05) is 0 Å². The zero-order valence-corrected chi connectivity index (χ0v) is 17.2. The van der Waals surface area contributed by atoms with E-state index in [0.29, 0.717) is 0 Å². The van der Waals surface area contributed by atoms with Gasteiger partial charge in [0.1, 0.15) is 7.85 Å². The van der Waals surface area contributed by atoms with E-state index >= 15 is 0 Å². The van der Waals surface area contributed by atoms with Crippen molar-refractivity contribution in [2.45, 2.75) is 97.7 Å². The standard InChI is InChI=1S/C21H37B/c1-18(2,3)14-12-15(19(4,5)6)17(20(7,8)9)16(13-14)21(10,11)22/h12-13H,22H2,1-11H3. The molecule has 124 valence electrons. The lowest BCUT2D eigenvalue weighted by atomic mass is 9.60. The molecule has 0 heterocycles. The molecule has 0 aromatic heterocycles. The van der Waals surface area contributed by atoms with Crippen molar-refractivity contribution >= 4 is 7.85 Å². The van der Waals surface area contributed by atoms with Gasteiger partial charge in [0.05, 0.1) is 0 Å². The lowest BCUT2D eigenvalue weighted by Crippen LogP contribution is -2.31. The maximum atomic E-state index is 2.47. The summed E-state index contributed by atoms with van der Waals surface area (Å²) in [6.45, 7) is 25.7. The summed E-state index contributed by atoms with van der Waals surface area (Å²) in [5.41, 5.74) is 6.51. The maximum absolute atomic E-state index is 2.47. The third kappa shape index (κ3) is 4.18. The average molecular weight is 300 g/mol. The van der Waals surface area contributed by atoms with Crippen LogP contribution in [0.5, 0.6) is 0 Å². The molecule has 0 radical (unpaired) electrons. The molecule has 0 nitrogen and oxygen atoms in total. The first-order valence-corrected chi connectivity index (χ1v) is 8.65. The van der Waals surface area contributed by atoms with Crippen LogP contribution in [0.4, 0.5) is 0 Å². The molecule has 1 aromatic rings. The summed E-state index contributed by atoms with van der Waals surface area (Å²) in [6, 6.07) is 4.94. The molecule has 0 spiro atoms. The van der Waals surface area contributed by atoms with Crippen molar-refractivity contribution < 1.29 is 0 Å². The first-order valence-electron chi connectivity index (χ1n) is 8.65. The van der Waals surface area contributed by atoms with Crippen LogP contribution in [0.2, 0.25) is 0 Å². The van der Waals surface area contributed by atoms with Gasteiger partial charge < -0.3 is 0 Å². The fraction of sp³-hybridized carbons (Fsp3) is 0.714. The van der Waals surface area contributed by atoms with Crippen LogP contribution >= 0.6 is 0 Å². The smallest absolute Gasteiger partial charge is 0.0632 e. The summed E-state index contributed by atoms with van der Waals surface area (Å²) >= 11 is 0. The minimum atomic E-state index is 0.154. The van der Waals surface area contributed by atoms with Crippen LogP contribution in [-0.4, -0.2) is 7.85 Å². The van der Waals surface area contributed by atoms with E-state index in [2.05, 4.69) is 96.1 Å². The van der Waals surface area contributed by atoms with E-state index in [0.717, 1.165) is 0 Å². The molecular formula is C21H37B. The highest BCUT2D eigenvalue weighted by atomic mass is 14.4. The Bertz CT molecular complexity index is 502. The summed E-state index contributed by atoms with van der Waals surface area (Å²) in [4.78, 5) is 0. The van der Waals surface area contributed by atoms with Crippen LogP contribution in [-0.2, 0) is 21.6 Å². The second kappa shape index (κ2) is 5.43. The maximum Gasteiger partial charge on any atom is 0.114 e. The predicted octanol–water partition coefficient (Wildman–Crippen LogP) is 5.45. The van der Waals surface area contributed by atoms with E-state index in [1.54, 1.807) is 5.56 Å². The molecule has 0 aliphatic heterocycles. The minimum Gasteiger partial charge on any atom is -0.0632 e. The summed E-state index contributed by atoms with van der Waals surface area (Å²) in [5, 5.41) is 0.157. The van der Waals surface area contributed by atoms with E-state index in [1.165, 1.54) is 16.7 Å². The van der Waals surface area contributed by atoms with Crippen LogP contribution in [0, 0.1) is 0 Å². The fourth-order valence-corrected chi connectivity index (χ4v) is 3.07. The largest absolute Gasteiger partial charge is 0.114 e. The highest BCUT2D eigenvalue weighted by molar-refractivity contribution is 6.15. The lowest BCUT2D eigenvalue weighted by Gasteiger charge is -2.38. The summed E-state index contributed by atoms with van der Waals surface area (Å²) in [7, 11) is 2.34. The van der Waals surface area contributed by atoms with Gasteiger partial charge in [0.2, 0.25) is 0 Å². The number of hydrogen-bond acceptors (Lipinski definition) is 0. The predicted molar refractivity (Wildman–Crippen MR) is 104 cm³/mol. The molecule has 1 rings (SSSR count). The van der Waals surface area contributed by atoms with E-state index in [9.17, 15) is 0 Å². The molecule has 0 aliphatic rings. The molecule has 1 heteroatoms. The third-order valence-corrected chi connectivity index (χ3v) is 4.37. The van der Waals surface area contributed by atoms with Crippen molar-refractivity contribution in [3.63, 3.8) is 0 Å². The second-order valence-corrected chi connectivity index (χ2v) is 10.9. The van der Waals surface area contributed by atoms with Gasteiger partial charge >= 0.3 is 0 Å². The molecule has 0 saturated carbocycles. The van der Waals surface area contributed by atoms with E-state index in [-0.39, 0.29) is 21.6 Å². The van der Waals surface area contributed by atoms with Crippen molar-refractivity contribution in [2.75, 3.05) is 0 Å². The second-order valence-electron chi connectivity index (χ2n) is 10.9. The van der Waals surface area contributed by atoms with Gasteiger partial charge in [0.15, 0.2) is 0 Å². The molecule has 0 aliphatic carbocycles. The summed E-state index contributed by atoms with van der Waals surface area (Å²) in [5.74, 6) is 0. The Morgan fingerprint density at radius 2 is 1.00 bits per heavy atom. The SMILES string of the molecule is BC(C)(C)c1cc(C(C)(C)C)cc(C(C)(C)C)c1C(C)(C)C. The normalized spacial score (nSPS) is 14.3. The van der Waals surface area contributed by atoms with Gasteiger partial charge in [-0.05, 0) is 43.8 Å². The van der Waals surface area contributed by atoms with Gasteiger partial charge in [-0.2, -0.15) is 0 Å². The Kier molecular flexibility index (Phi) is 4.77. The van der Waals surface area contributed by atoms with E-state index in [4.69, 9.17) is 0 Å². The first kappa shape index (κ1) is 19.3. The highest BCUT2D eigenvalue weighted by Gasteiger charge is 2.33. The Balaban J connectivity index is 3.96. The summed E-state index contributed by atoms with van der Waals surface area (Å²) in [6.07, 6.45) is 0. The van der Waals surface area contributed by atoms with Crippen molar-refractivity contribution in [3.8, 4) is 0 Å². The van der Waals surface area contributed by atoms with Crippen molar-refractivity contribution in [2.24, 2.45) is 0 Å². The van der Waals surface area contributed by atoms with Crippen LogP contribution < -0.4 is 0 Å². The van der Waals surface area contributed by atoms with Gasteiger partial charge in [-0.1, -0.05) is 88.3 Å². The van der Waals surface area contributed by atoms with Crippen LogP contribution in [0.3, 0.4) is 0 Å². The Hall–Kier alpha value is -0.715. The first-order chi connectivity index (χ1) is 9.45. The molecule has 1 aromatic carbocycles. The van der Waals surface area contributed by atoms with Gasteiger partial charge in [-0.15, -0.1) is 0 Å². The monoisotopic (exact) mass is 300 g/mol. The highest BCUT2D eigenvalue weighted by Crippen LogP contribution is 2.42. The average Bonchev–Trinajstić information content (AvgIpc) is 2.22. The number of benzene rings is 1. The molecule has 0 N–H and O–H groups in total. The molecule has 0 amide bonds. The minimum absolute atomic E-state index is 0.154. The summed E-state index contributed by atoms with van der Waals surface area (Å²) < 4.78 is 0. The van der Waals surface area contributed by atoms with Crippen molar-refractivity contribution in [1.29, 1.82) is 0 Å². The Morgan fingerprint density at radius 3 is 1.27 bits per heavy atom. The third-order valence-electron chi connectivity index (χ3n) is 4.37. The van der Waals surface area contributed by atoms with Gasteiger partial charge in [0.25, 0.3) is 0 Å². The molecular weight excluding hydrogens is 263 g/mol. The van der Waals surface area contributed by atoms with Crippen molar-refractivity contribution in [1.82, 2.24) is 0 Å². The Labute approximate surface area is 140 Å². The van der Waals surface area contributed by atoms with Crippen molar-refractivity contribution in [3.05, 3.63) is 34.4 Å². The molecule has 0 fully saturated rings. The number of hydrogen-bond donors (Lipinski definition) is 0. The zero-order valence-electron chi connectivity index (χ0n) is 17.2. The van der Waals surface area contributed by atoms with Crippen LogP contribution in [0.25, 0.3) is 0 Å². The molecule has 0 saturated heterocycles. The zero-order chi connectivity index (χ0) is 17.7. The topological polar surface area (TPSA) is 0 Å². The molecule has 22 heavy (non-hydrogen) atoms. The van der Waals surface area contributed by atoms with Gasteiger partial charge in [-0.25, -0.2) is 0 Å². The molecule has 0 atom stereocenters. The number of rotatable bonds is 1.